The Hall–Kier alpha value is -1.06. The van der Waals surface area contributed by atoms with Crippen LogP contribution in [0.2, 0.25) is 0 Å². The molecule has 0 saturated carbocycles. The van der Waals surface area contributed by atoms with Crippen molar-refractivity contribution in [2.24, 2.45) is 5.73 Å². The molecule has 0 radical (unpaired) electrons. The molecule has 0 fully saturated rings. The van der Waals surface area contributed by atoms with E-state index in [1.807, 2.05) is 30.3 Å². The topological polar surface area (TPSA) is 39.2 Å². The standard InChI is InChI=1S/C11H10BrNO/c12-10-4-2-1-3-9(10)11(13)8-5-6-14-7-8/h1-7,11H,13H2. The molecule has 1 aromatic heterocycles. The zero-order valence-corrected chi connectivity index (χ0v) is 9.07. The Labute approximate surface area is 90.9 Å². The molecule has 0 spiro atoms. The molecule has 0 aliphatic rings. The van der Waals surface area contributed by atoms with Crippen molar-refractivity contribution in [3.8, 4) is 0 Å². The quantitative estimate of drug-likeness (QED) is 0.891. The molecule has 0 amide bonds. The van der Waals surface area contributed by atoms with Gasteiger partial charge in [0.15, 0.2) is 0 Å². The first kappa shape index (κ1) is 9.49. The Morgan fingerprint density at radius 1 is 1.21 bits per heavy atom. The first-order chi connectivity index (χ1) is 6.79. The van der Waals surface area contributed by atoms with Gasteiger partial charge >= 0.3 is 0 Å². The minimum atomic E-state index is -0.135. The van der Waals surface area contributed by atoms with E-state index in [0.717, 1.165) is 15.6 Å². The van der Waals surface area contributed by atoms with Gasteiger partial charge in [-0.05, 0) is 17.7 Å². The Kier molecular flexibility index (Phi) is 2.70. The molecule has 1 unspecified atom stereocenters. The van der Waals surface area contributed by atoms with Crippen LogP contribution in [0.3, 0.4) is 0 Å². The van der Waals surface area contributed by atoms with Gasteiger partial charge in [-0.1, -0.05) is 34.1 Å². The van der Waals surface area contributed by atoms with E-state index in [1.165, 1.54) is 0 Å². The number of hydrogen-bond donors (Lipinski definition) is 1. The third-order valence-electron chi connectivity index (χ3n) is 2.14. The highest BCUT2D eigenvalue weighted by molar-refractivity contribution is 9.10. The summed E-state index contributed by atoms with van der Waals surface area (Å²) < 4.78 is 6.02. The van der Waals surface area contributed by atoms with E-state index in [4.69, 9.17) is 10.2 Å². The Morgan fingerprint density at radius 3 is 2.64 bits per heavy atom. The van der Waals surface area contributed by atoms with Crippen molar-refractivity contribution in [1.82, 2.24) is 0 Å². The molecule has 0 aliphatic carbocycles. The van der Waals surface area contributed by atoms with Crippen molar-refractivity contribution in [1.29, 1.82) is 0 Å². The Balaban J connectivity index is 2.37. The molecule has 72 valence electrons. The first-order valence-corrected chi connectivity index (χ1v) is 5.10. The van der Waals surface area contributed by atoms with Crippen molar-refractivity contribution in [2.45, 2.75) is 6.04 Å². The second-order valence-corrected chi connectivity index (χ2v) is 3.91. The van der Waals surface area contributed by atoms with Crippen molar-refractivity contribution in [3.05, 3.63) is 58.5 Å². The van der Waals surface area contributed by atoms with Crippen LogP contribution < -0.4 is 5.73 Å². The van der Waals surface area contributed by atoms with Crippen LogP contribution in [-0.2, 0) is 0 Å². The average Bonchev–Trinajstić information content (AvgIpc) is 2.70. The smallest absolute Gasteiger partial charge is 0.0953 e. The lowest BCUT2D eigenvalue weighted by Crippen LogP contribution is -2.11. The first-order valence-electron chi connectivity index (χ1n) is 4.31. The fourth-order valence-corrected chi connectivity index (χ4v) is 1.89. The van der Waals surface area contributed by atoms with Gasteiger partial charge in [0.25, 0.3) is 0 Å². The van der Waals surface area contributed by atoms with Gasteiger partial charge in [-0.3, -0.25) is 0 Å². The lowest BCUT2D eigenvalue weighted by molar-refractivity contribution is 0.562. The highest BCUT2D eigenvalue weighted by Crippen LogP contribution is 2.26. The molecular weight excluding hydrogens is 242 g/mol. The van der Waals surface area contributed by atoms with E-state index >= 15 is 0 Å². The maximum absolute atomic E-state index is 6.07. The van der Waals surface area contributed by atoms with Gasteiger partial charge in [0.05, 0.1) is 18.6 Å². The monoisotopic (exact) mass is 251 g/mol. The number of benzene rings is 1. The van der Waals surface area contributed by atoms with Gasteiger partial charge < -0.3 is 10.2 Å². The molecular formula is C11H10BrNO. The van der Waals surface area contributed by atoms with Gasteiger partial charge in [0.1, 0.15) is 0 Å². The summed E-state index contributed by atoms with van der Waals surface area (Å²) in [4.78, 5) is 0. The van der Waals surface area contributed by atoms with Crippen LogP contribution in [-0.4, -0.2) is 0 Å². The van der Waals surface area contributed by atoms with Crippen molar-refractivity contribution < 1.29 is 4.42 Å². The number of furan rings is 1. The minimum Gasteiger partial charge on any atom is -0.472 e. The van der Waals surface area contributed by atoms with Gasteiger partial charge in [-0.15, -0.1) is 0 Å². The summed E-state index contributed by atoms with van der Waals surface area (Å²) in [6.45, 7) is 0. The van der Waals surface area contributed by atoms with Crippen molar-refractivity contribution >= 4 is 15.9 Å². The van der Waals surface area contributed by atoms with Crippen LogP contribution in [0.15, 0.2) is 51.7 Å². The van der Waals surface area contributed by atoms with E-state index in [1.54, 1.807) is 12.5 Å². The minimum absolute atomic E-state index is 0.135. The fourth-order valence-electron chi connectivity index (χ4n) is 1.36. The second kappa shape index (κ2) is 3.98. The van der Waals surface area contributed by atoms with Crippen molar-refractivity contribution in [2.75, 3.05) is 0 Å². The highest BCUT2D eigenvalue weighted by Gasteiger charge is 2.12. The van der Waals surface area contributed by atoms with Crippen molar-refractivity contribution in [3.63, 3.8) is 0 Å². The summed E-state index contributed by atoms with van der Waals surface area (Å²) in [5.74, 6) is 0. The number of hydrogen-bond acceptors (Lipinski definition) is 2. The molecule has 0 bridgehead atoms. The number of rotatable bonds is 2. The van der Waals surface area contributed by atoms with E-state index in [9.17, 15) is 0 Å². The van der Waals surface area contributed by atoms with Crippen LogP contribution in [0.25, 0.3) is 0 Å². The van der Waals surface area contributed by atoms with E-state index in [2.05, 4.69) is 15.9 Å². The molecule has 2 rings (SSSR count). The molecule has 14 heavy (non-hydrogen) atoms. The predicted molar refractivity (Wildman–Crippen MR) is 58.9 cm³/mol. The van der Waals surface area contributed by atoms with Crippen LogP contribution in [0.5, 0.6) is 0 Å². The van der Waals surface area contributed by atoms with Crippen LogP contribution in [0.1, 0.15) is 17.2 Å². The summed E-state index contributed by atoms with van der Waals surface area (Å²) >= 11 is 3.47. The number of halogens is 1. The van der Waals surface area contributed by atoms with Crippen LogP contribution in [0, 0.1) is 0 Å². The summed E-state index contributed by atoms with van der Waals surface area (Å²) in [7, 11) is 0. The fraction of sp³-hybridized carbons (Fsp3) is 0.0909. The second-order valence-electron chi connectivity index (χ2n) is 3.06. The third kappa shape index (κ3) is 1.74. The maximum atomic E-state index is 6.07. The molecule has 2 N–H and O–H groups in total. The molecule has 1 aromatic carbocycles. The summed E-state index contributed by atoms with van der Waals surface area (Å²) in [5.41, 5.74) is 8.12. The van der Waals surface area contributed by atoms with E-state index < -0.39 is 0 Å². The molecule has 0 aliphatic heterocycles. The van der Waals surface area contributed by atoms with Gasteiger partial charge in [-0.2, -0.15) is 0 Å². The summed E-state index contributed by atoms with van der Waals surface area (Å²) in [6.07, 6.45) is 3.30. The average molecular weight is 252 g/mol. The van der Waals surface area contributed by atoms with E-state index in [-0.39, 0.29) is 6.04 Å². The SMILES string of the molecule is NC(c1ccoc1)c1ccccc1Br. The highest BCUT2D eigenvalue weighted by atomic mass is 79.9. The molecule has 2 nitrogen and oxygen atoms in total. The van der Waals surface area contributed by atoms with Gasteiger partial charge in [-0.25, -0.2) is 0 Å². The van der Waals surface area contributed by atoms with Gasteiger partial charge in [0, 0.05) is 10.0 Å². The number of nitrogens with two attached hydrogens (primary N) is 1. The largest absolute Gasteiger partial charge is 0.472 e. The van der Waals surface area contributed by atoms with E-state index in [0.29, 0.717) is 0 Å². The summed E-state index contributed by atoms with van der Waals surface area (Å²) in [6, 6.07) is 9.67. The molecule has 1 heterocycles. The maximum Gasteiger partial charge on any atom is 0.0953 e. The zero-order valence-electron chi connectivity index (χ0n) is 7.48. The predicted octanol–water partition coefficient (Wildman–Crippen LogP) is 3.09. The Bertz CT molecular complexity index is 411. The van der Waals surface area contributed by atoms with Crippen LogP contribution >= 0.6 is 15.9 Å². The molecule has 3 heteroatoms. The molecule has 0 saturated heterocycles. The summed E-state index contributed by atoms with van der Waals surface area (Å²) in [5, 5.41) is 0. The zero-order chi connectivity index (χ0) is 9.97. The van der Waals surface area contributed by atoms with Gasteiger partial charge in [0.2, 0.25) is 0 Å². The third-order valence-corrected chi connectivity index (χ3v) is 2.86. The molecule has 1 atom stereocenters. The Morgan fingerprint density at radius 2 is 2.00 bits per heavy atom. The lowest BCUT2D eigenvalue weighted by Gasteiger charge is -2.11. The van der Waals surface area contributed by atoms with Crippen LogP contribution in [0.4, 0.5) is 0 Å². The molecule has 2 aromatic rings. The lowest BCUT2D eigenvalue weighted by atomic mass is 10.0. The normalized spacial score (nSPS) is 12.7.